The van der Waals surface area contributed by atoms with E-state index in [-0.39, 0.29) is 23.5 Å². The molecule has 0 radical (unpaired) electrons. The molecule has 4 aromatic rings. The number of benzene rings is 1. The van der Waals surface area contributed by atoms with Crippen LogP contribution in [0.5, 0.6) is 0 Å². The molecule has 1 N–H and O–H groups in total. The summed E-state index contributed by atoms with van der Waals surface area (Å²) < 4.78 is 25.9. The highest BCUT2D eigenvalue weighted by Crippen LogP contribution is 2.34. The zero-order valence-corrected chi connectivity index (χ0v) is 20.5. The Balaban J connectivity index is 1.67. The summed E-state index contributed by atoms with van der Waals surface area (Å²) in [6.07, 6.45) is 0.461. The summed E-state index contributed by atoms with van der Waals surface area (Å²) in [5.74, 6) is -0.261. The number of hydrogen-bond donors (Lipinski definition) is 1. The average Bonchev–Trinajstić information content (AvgIpc) is 3.49. The van der Waals surface area contributed by atoms with E-state index in [1.807, 2.05) is 17.5 Å². The molecule has 4 heterocycles. The number of anilines is 1. The van der Waals surface area contributed by atoms with Crippen LogP contribution in [0.2, 0.25) is 10.0 Å². The maximum absolute atomic E-state index is 13.4. The molecule has 7 nitrogen and oxygen atoms in total. The minimum Gasteiger partial charge on any atom is -0.321 e. The van der Waals surface area contributed by atoms with E-state index in [0.717, 1.165) is 4.88 Å². The third kappa shape index (κ3) is 4.26. The van der Waals surface area contributed by atoms with Crippen molar-refractivity contribution in [3.05, 3.63) is 63.1 Å². The van der Waals surface area contributed by atoms with Gasteiger partial charge in [-0.3, -0.25) is 4.79 Å². The first-order valence-electron chi connectivity index (χ1n) is 10.1. The Morgan fingerprint density at radius 3 is 2.76 bits per heavy atom. The lowest BCUT2D eigenvalue weighted by molar-refractivity contribution is 0.102. The number of hydrogen-bond acceptors (Lipinski definition) is 6. The summed E-state index contributed by atoms with van der Waals surface area (Å²) in [6, 6.07) is 10.1. The summed E-state index contributed by atoms with van der Waals surface area (Å²) in [5.41, 5.74) is 2.47. The predicted molar refractivity (Wildman–Crippen MR) is 132 cm³/mol. The summed E-state index contributed by atoms with van der Waals surface area (Å²) >= 11 is 13.8. The molecule has 3 aromatic heterocycles. The van der Waals surface area contributed by atoms with Crippen LogP contribution in [0.15, 0.2) is 41.8 Å². The third-order valence-electron chi connectivity index (χ3n) is 5.59. The lowest BCUT2D eigenvalue weighted by atomic mass is 10.1. The second kappa shape index (κ2) is 8.39. The molecule has 0 aliphatic carbocycles. The Bertz CT molecular complexity index is 1500. The van der Waals surface area contributed by atoms with Crippen molar-refractivity contribution in [2.24, 2.45) is 0 Å². The normalized spacial score (nSPS) is 17.5. The van der Waals surface area contributed by atoms with Gasteiger partial charge in [0.15, 0.2) is 15.5 Å². The zero-order valence-electron chi connectivity index (χ0n) is 17.4. The van der Waals surface area contributed by atoms with Crippen LogP contribution in [-0.2, 0) is 9.84 Å². The number of aryl methyl sites for hydroxylation is 1. The third-order valence-corrected chi connectivity index (χ3v) is 8.79. The van der Waals surface area contributed by atoms with Crippen molar-refractivity contribution in [3.63, 3.8) is 0 Å². The minimum absolute atomic E-state index is 0.00772. The Kier molecular flexibility index (Phi) is 5.68. The molecular weight excluding hydrogens is 503 g/mol. The highest BCUT2D eigenvalue weighted by molar-refractivity contribution is 7.91. The Morgan fingerprint density at radius 2 is 2.06 bits per heavy atom. The van der Waals surface area contributed by atoms with Crippen LogP contribution >= 0.6 is 34.5 Å². The first kappa shape index (κ1) is 22.3. The Labute approximate surface area is 204 Å². The summed E-state index contributed by atoms with van der Waals surface area (Å²) in [4.78, 5) is 19.1. The van der Waals surface area contributed by atoms with Crippen molar-refractivity contribution in [2.45, 2.75) is 19.4 Å². The Morgan fingerprint density at radius 1 is 1.24 bits per heavy atom. The molecule has 5 rings (SSSR count). The summed E-state index contributed by atoms with van der Waals surface area (Å²) in [7, 11) is -3.13. The van der Waals surface area contributed by atoms with E-state index < -0.39 is 9.84 Å². The molecule has 1 aliphatic heterocycles. The van der Waals surface area contributed by atoms with Crippen LogP contribution in [0.25, 0.3) is 21.6 Å². The second-order valence-corrected chi connectivity index (χ2v) is 11.9. The molecular formula is C22H18Cl2N4O3S2. The number of nitrogens with zero attached hydrogens (tertiary/aromatic N) is 3. The molecule has 1 aliphatic rings. The summed E-state index contributed by atoms with van der Waals surface area (Å²) in [5, 5.41) is 10.8. The van der Waals surface area contributed by atoms with Crippen LogP contribution in [0.3, 0.4) is 0 Å². The molecule has 170 valence electrons. The molecule has 33 heavy (non-hydrogen) atoms. The molecule has 1 saturated heterocycles. The molecule has 0 spiro atoms. The quantitative estimate of drug-likeness (QED) is 0.389. The predicted octanol–water partition coefficient (Wildman–Crippen LogP) is 5.39. The number of fused-ring (bicyclic) bond motifs is 1. The zero-order chi connectivity index (χ0) is 23.3. The maximum Gasteiger partial charge on any atom is 0.256 e. The van der Waals surface area contributed by atoms with Crippen LogP contribution in [0.1, 0.15) is 28.5 Å². The topological polar surface area (TPSA) is 93.9 Å². The van der Waals surface area contributed by atoms with Crippen molar-refractivity contribution in [1.29, 1.82) is 0 Å². The fourth-order valence-electron chi connectivity index (χ4n) is 4.05. The van der Waals surface area contributed by atoms with Gasteiger partial charge in [0, 0.05) is 5.02 Å². The first-order valence-corrected chi connectivity index (χ1v) is 13.6. The van der Waals surface area contributed by atoms with Crippen LogP contribution in [0, 0.1) is 6.92 Å². The highest BCUT2D eigenvalue weighted by Gasteiger charge is 2.32. The molecule has 1 fully saturated rings. The van der Waals surface area contributed by atoms with Gasteiger partial charge in [0.05, 0.1) is 55.5 Å². The SMILES string of the molecule is Cc1nn(C2CCS(=O)(=O)C2)c2nc(-c3cccs3)cc(C(=O)Nc3cc(Cl)ccc3Cl)c12. The van der Waals surface area contributed by atoms with Gasteiger partial charge in [-0.15, -0.1) is 11.3 Å². The van der Waals surface area contributed by atoms with E-state index in [1.54, 1.807) is 35.9 Å². The van der Waals surface area contributed by atoms with E-state index in [4.69, 9.17) is 28.2 Å². The van der Waals surface area contributed by atoms with Crippen LogP contribution in [-0.4, -0.2) is 40.6 Å². The number of nitrogens with one attached hydrogen (secondary N) is 1. The number of pyridine rings is 1. The van der Waals surface area contributed by atoms with Crippen molar-refractivity contribution in [3.8, 4) is 10.6 Å². The van der Waals surface area contributed by atoms with Gasteiger partial charge in [0.1, 0.15) is 0 Å². The van der Waals surface area contributed by atoms with E-state index >= 15 is 0 Å². The standard InChI is InChI=1S/C22H18Cl2N4O3S2/c1-12-20-15(22(29)26-17-9-13(23)4-5-16(17)24)10-18(19-3-2-7-32-19)25-21(20)28(27-12)14-6-8-33(30,31)11-14/h2-5,7,9-10,14H,6,8,11H2,1H3,(H,26,29). The maximum atomic E-state index is 13.4. The van der Waals surface area contributed by atoms with Gasteiger partial charge in [-0.1, -0.05) is 29.3 Å². The largest absolute Gasteiger partial charge is 0.321 e. The number of thiophene rings is 1. The molecule has 1 atom stereocenters. The van der Waals surface area contributed by atoms with Crippen molar-refractivity contribution < 1.29 is 13.2 Å². The average molecular weight is 521 g/mol. The number of sulfone groups is 1. The number of carbonyl (C=O) groups excluding carboxylic acids is 1. The van der Waals surface area contributed by atoms with E-state index in [1.165, 1.54) is 11.3 Å². The number of aromatic nitrogens is 3. The van der Waals surface area contributed by atoms with Crippen LogP contribution in [0.4, 0.5) is 5.69 Å². The smallest absolute Gasteiger partial charge is 0.256 e. The van der Waals surface area contributed by atoms with Crippen molar-refractivity contribution in [2.75, 3.05) is 16.8 Å². The Hall–Kier alpha value is -2.46. The van der Waals surface area contributed by atoms with Gasteiger partial charge in [0.2, 0.25) is 0 Å². The fourth-order valence-corrected chi connectivity index (χ4v) is 6.76. The van der Waals surface area contributed by atoms with Crippen molar-refractivity contribution in [1.82, 2.24) is 14.8 Å². The first-order chi connectivity index (χ1) is 15.7. The molecule has 1 unspecified atom stereocenters. The molecule has 1 aromatic carbocycles. The number of rotatable bonds is 4. The lowest BCUT2D eigenvalue weighted by Gasteiger charge is -2.12. The minimum atomic E-state index is -3.13. The lowest BCUT2D eigenvalue weighted by Crippen LogP contribution is -2.15. The van der Waals surface area contributed by atoms with Gasteiger partial charge in [-0.2, -0.15) is 5.10 Å². The van der Waals surface area contributed by atoms with Crippen molar-refractivity contribution >= 4 is 67.0 Å². The number of amides is 1. The van der Waals surface area contributed by atoms with Gasteiger partial charge in [-0.05, 0) is 49.1 Å². The number of carbonyl (C=O) groups is 1. The van der Waals surface area contributed by atoms with Crippen LogP contribution < -0.4 is 5.32 Å². The van der Waals surface area contributed by atoms with E-state index in [9.17, 15) is 13.2 Å². The molecule has 0 saturated carbocycles. The van der Waals surface area contributed by atoms with E-state index in [2.05, 4.69) is 10.4 Å². The van der Waals surface area contributed by atoms with Gasteiger partial charge >= 0.3 is 0 Å². The number of halogens is 2. The van der Waals surface area contributed by atoms with E-state index in [0.29, 0.717) is 50.1 Å². The highest BCUT2D eigenvalue weighted by atomic mass is 35.5. The molecule has 0 bridgehead atoms. The summed E-state index contributed by atoms with van der Waals surface area (Å²) in [6.45, 7) is 1.79. The molecule has 1 amide bonds. The molecule has 11 heteroatoms. The monoisotopic (exact) mass is 520 g/mol. The van der Waals surface area contributed by atoms with Gasteiger partial charge in [0.25, 0.3) is 5.91 Å². The van der Waals surface area contributed by atoms with Gasteiger partial charge in [-0.25, -0.2) is 18.1 Å². The fraction of sp³-hybridized carbons (Fsp3) is 0.227. The second-order valence-electron chi connectivity index (χ2n) is 7.90. The van der Waals surface area contributed by atoms with Gasteiger partial charge < -0.3 is 5.32 Å².